The third-order valence-corrected chi connectivity index (χ3v) is 2.26. The van der Waals surface area contributed by atoms with Gasteiger partial charge in [0.25, 0.3) is 0 Å². The fourth-order valence-corrected chi connectivity index (χ4v) is 1.60. The molecule has 3 nitrogen and oxygen atoms in total. The van der Waals surface area contributed by atoms with Gasteiger partial charge in [0.15, 0.2) is 11.6 Å². The molecule has 1 aliphatic rings. The predicted molar refractivity (Wildman–Crippen MR) is 63.7 cm³/mol. The number of nitrogens with one attached hydrogen (secondary N) is 1. The van der Waals surface area contributed by atoms with E-state index in [0.29, 0.717) is 13.1 Å². The van der Waals surface area contributed by atoms with Gasteiger partial charge in [0.1, 0.15) is 5.69 Å². The molecular formula is C9H13Cl2F2N3. The number of hydrogen-bond donors (Lipinski definition) is 1. The minimum atomic E-state index is -0.591. The van der Waals surface area contributed by atoms with Gasteiger partial charge in [-0.25, -0.2) is 8.78 Å². The van der Waals surface area contributed by atoms with E-state index in [9.17, 15) is 8.78 Å². The standard InChI is InChI=1S/C9H11F2N3.2ClH/c10-7-5-13-6-8(11)9(7)14-3-1-12-2-4-14;;/h5-6,12H,1-4H2;2*1H. The maximum atomic E-state index is 13.3. The van der Waals surface area contributed by atoms with Crippen molar-refractivity contribution in [1.29, 1.82) is 0 Å². The van der Waals surface area contributed by atoms with E-state index in [0.717, 1.165) is 25.5 Å². The lowest BCUT2D eigenvalue weighted by Crippen LogP contribution is -2.44. The van der Waals surface area contributed by atoms with Gasteiger partial charge < -0.3 is 10.2 Å². The lowest BCUT2D eigenvalue weighted by atomic mass is 10.3. The summed E-state index contributed by atoms with van der Waals surface area (Å²) in [5, 5.41) is 3.12. The van der Waals surface area contributed by atoms with Gasteiger partial charge >= 0.3 is 0 Å². The Balaban J connectivity index is 0.00000112. The van der Waals surface area contributed by atoms with Gasteiger partial charge in [0, 0.05) is 26.2 Å². The topological polar surface area (TPSA) is 28.2 Å². The summed E-state index contributed by atoms with van der Waals surface area (Å²) >= 11 is 0. The monoisotopic (exact) mass is 271 g/mol. The maximum Gasteiger partial charge on any atom is 0.167 e. The first-order valence-corrected chi connectivity index (χ1v) is 4.53. The summed E-state index contributed by atoms with van der Waals surface area (Å²) in [6.07, 6.45) is 2.08. The van der Waals surface area contributed by atoms with Crippen LogP contribution < -0.4 is 10.2 Å². The smallest absolute Gasteiger partial charge is 0.167 e. The van der Waals surface area contributed by atoms with Crippen LogP contribution in [0.5, 0.6) is 0 Å². The summed E-state index contributed by atoms with van der Waals surface area (Å²) in [6.45, 7) is 2.75. The normalized spacial score (nSPS) is 15.0. The molecule has 92 valence electrons. The Bertz CT molecular complexity index is 312. The van der Waals surface area contributed by atoms with E-state index >= 15 is 0 Å². The van der Waals surface area contributed by atoms with Crippen molar-refractivity contribution in [2.75, 3.05) is 31.1 Å². The van der Waals surface area contributed by atoms with Gasteiger partial charge in [0.05, 0.1) is 12.4 Å². The quantitative estimate of drug-likeness (QED) is 0.842. The van der Waals surface area contributed by atoms with Crippen molar-refractivity contribution < 1.29 is 8.78 Å². The van der Waals surface area contributed by atoms with E-state index in [2.05, 4.69) is 10.3 Å². The summed E-state index contributed by atoms with van der Waals surface area (Å²) < 4.78 is 26.5. The first-order valence-electron chi connectivity index (χ1n) is 4.53. The highest BCUT2D eigenvalue weighted by molar-refractivity contribution is 5.85. The lowest BCUT2D eigenvalue weighted by molar-refractivity contribution is 0.532. The van der Waals surface area contributed by atoms with Crippen molar-refractivity contribution >= 4 is 30.5 Å². The molecule has 1 N–H and O–H groups in total. The number of piperazine rings is 1. The van der Waals surface area contributed by atoms with Crippen LogP contribution in [0.15, 0.2) is 12.4 Å². The van der Waals surface area contributed by atoms with Crippen LogP contribution in [0.2, 0.25) is 0 Å². The maximum absolute atomic E-state index is 13.3. The van der Waals surface area contributed by atoms with Crippen LogP contribution >= 0.6 is 24.8 Å². The molecule has 0 atom stereocenters. The summed E-state index contributed by atoms with van der Waals surface area (Å²) in [4.78, 5) is 5.14. The average Bonchev–Trinajstić information content (AvgIpc) is 2.19. The fourth-order valence-electron chi connectivity index (χ4n) is 1.60. The van der Waals surface area contributed by atoms with Crippen LogP contribution in [0.25, 0.3) is 0 Å². The number of rotatable bonds is 1. The SMILES string of the molecule is Cl.Cl.Fc1cncc(F)c1N1CCNCC1. The molecule has 1 fully saturated rings. The molecule has 0 aliphatic carbocycles. The Kier molecular flexibility index (Phi) is 6.55. The van der Waals surface area contributed by atoms with Crippen LogP contribution in [0, 0.1) is 11.6 Å². The Labute approximate surface area is 105 Å². The van der Waals surface area contributed by atoms with Gasteiger partial charge in [-0.05, 0) is 0 Å². The third-order valence-electron chi connectivity index (χ3n) is 2.26. The second-order valence-corrected chi connectivity index (χ2v) is 3.19. The number of halogens is 4. The molecule has 0 bridgehead atoms. The average molecular weight is 272 g/mol. The highest BCUT2D eigenvalue weighted by atomic mass is 35.5. The van der Waals surface area contributed by atoms with Gasteiger partial charge in [-0.1, -0.05) is 0 Å². The number of nitrogens with zero attached hydrogens (tertiary/aromatic N) is 2. The van der Waals surface area contributed by atoms with Crippen molar-refractivity contribution in [3.63, 3.8) is 0 Å². The number of aromatic nitrogens is 1. The van der Waals surface area contributed by atoms with Gasteiger partial charge in [-0.15, -0.1) is 24.8 Å². The molecule has 0 radical (unpaired) electrons. The van der Waals surface area contributed by atoms with Crippen LogP contribution in [-0.2, 0) is 0 Å². The largest absolute Gasteiger partial charge is 0.364 e. The van der Waals surface area contributed by atoms with E-state index < -0.39 is 11.6 Å². The minimum Gasteiger partial charge on any atom is -0.364 e. The second-order valence-electron chi connectivity index (χ2n) is 3.19. The van der Waals surface area contributed by atoms with E-state index in [1.165, 1.54) is 0 Å². The zero-order valence-electron chi connectivity index (χ0n) is 8.45. The number of anilines is 1. The van der Waals surface area contributed by atoms with Crippen molar-refractivity contribution in [3.8, 4) is 0 Å². The Morgan fingerprint density at radius 2 is 1.56 bits per heavy atom. The molecule has 16 heavy (non-hydrogen) atoms. The molecule has 1 aromatic heterocycles. The second kappa shape index (κ2) is 6.83. The summed E-state index contributed by atoms with van der Waals surface area (Å²) in [7, 11) is 0. The molecule has 7 heteroatoms. The van der Waals surface area contributed by atoms with Crippen molar-refractivity contribution in [1.82, 2.24) is 10.3 Å². The summed E-state index contributed by atoms with van der Waals surface area (Å²) in [6, 6.07) is 0. The Hall–Kier alpha value is -0.650. The highest BCUT2D eigenvalue weighted by Crippen LogP contribution is 2.21. The first-order chi connectivity index (χ1) is 6.79. The predicted octanol–water partition coefficient (Wildman–Crippen LogP) is 1.61. The first kappa shape index (κ1) is 15.3. The van der Waals surface area contributed by atoms with Crippen LogP contribution in [0.3, 0.4) is 0 Å². The molecule has 0 aromatic carbocycles. The van der Waals surface area contributed by atoms with E-state index in [1.807, 2.05) is 0 Å². The minimum absolute atomic E-state index is 0. The summed E-state index contributed by atoms with van der Waals surface area (Å²) in [5.74, 6) is -1.18. The van der Waals surface area contributed by atoms with Crippen LogP contribution in [-0.4, -0.2) is 31.2 Å². The Morgan fingerprint density at radius 1 is 1.06 bits per heavy atom. The van der Waals surface area contributed by atoms with Crippen LogP contribution in [0.4, 0.5) is 14.5 Å². The molecule has 1 aliphatic heterocycles. The van der Waals surface area contributed by atoms with Crippen molar-refractivity contribution in [2.24, 2.45) is 0 Å². The molecule has 0 unspecified atom stereocenters. The molecule has 0 saturated carbocycles. The van der Waals surface area contributed by atoms with E-state index in [4.69, 9.17) is 0 Å². The summed E-state index contributed by atoms with van der Waals surface area (Å²) in [5.41, 5.74) is 0.0431. The molecule has 0 amide bonds. The molecule has 1 aromatic rings. The number of pyridine rings is 1. The van der Waals surface area contributed by atoms with Gasteiger partial charge in [-0.3, -0.25) is 4.98 Å². The molecular weight excluding hydrogens is 259 g/mol. The molecule has 1 saturated heterocycles. The van der Waals surface area contributed by atoms with Crippen molar-refractivity contribution in [2.45, 2.75) is 0 Å². The Morgan fingerprint density at radius 3 is 2.06 bits per heavy atom. The molecule has 2 rings (SSSR count). The zero-order chi connectivity index (χ0) is 9.97. The van der Waals surface area contributed by atoms with Crippen LogP contribution in [0.1, 0.15) is 0 Å². The molecule has 2 heterocycles. The van der Waals surface area contributed by atoms with Crippen molar-refractivity contribution in [3.05, 3.63) is 24.0 Å². The van der Waals surface area contributed by atoms with Gasteiger partial charge in [-0.2, -0.15) is 0 Å². The zero-order valence-corrected chi connectivity index (χ0v) is 10.1. The molecule has 0 spiro atoms. The van der Waals surface area contributed by atoms with E-state index in [-0.39, 0.29) is 30.5 Å². The highest BCUT2D eigenvalue weighted by Gasteiger charge is 2.18. The lowest BCUT2D eigenvalue weighted by Gasteiger charge is -2.29. The van der Waals surface area contributed by atoms with Gasteiger partial charge in [0.2, 0.25) is 0 Å². The fraction of sp³-hybridized carbons (Fsp3) is 0.444. The number of hydrogen-bond acceptors (Lipinski definition) is 3. The third kappa shape index (κ3) is 3.17. The van der Waals surface area contributed by atoms with E-state index in [1.54, 1.807) is 4.90 Å².